The number of nitrogens with one attached hydrogen (secondary N) is 3. The lowest BCUT2D eigenvalue weighted by molar-refractivity contribution is 0.0930. The van der Waals surface area contributed by atoms with Crippen LogP contribution in [-0.2, 0) is 5.75 Å². The molecule has 150 valence electrons. The number of piperidine rings is 1. The molecule has 28 heavy (non-hydrogen) atoms. The molecule has 1 atom stereocenters. The van der Waals surface area contributed by atoms with Crippen molar-refractivity contribution in [3.63, 3.8) is 0 Å². The Bertz CT molecular complexity index is 879. The van der Waals surface area contributed by atoms with Crippen molar-refractivity contribution >= 4 is 53.5 Å². The largest absolute Gasteiger partial charge is 0.348 e. The number of thioether (sulfide) groups is 1. The van der Waals surface area contributed by atoms with E-state index in [4.69, 9.17) is 0 Å². The van der Waals surface area contributed by atoms with Crippen LogP contribution in [0, 0.1) is 0 Å². The number of aromatic amines is 1. The van der Waals surface area contributed by atoms with Gasteiger partial charge < -0.3 is 15.6 Å². The molecule has 5 nitrogen and oxygen atoms in total. The number of halogens is 2. The fourth-order valence-electron chi connectivity index (χ4n) is 3.25. The highest BCUT2D eigenvalue weighted by Gasteiger charge is 2.18. The summed E-state index contributed by atoms with van der Waals surface area (Å²) in [6.07, 6.45) is 2.14. The molecule has 0 unspecified atom stereocenters. The summed E-state index contributed by atoms with van der Waals surface area (Å²) < 4.78 is 0. The summed E-state index contributed by atoms with van der Waals surface area (Å²) in [4.78, 5) is 20.6. The summed E-state index contributed by atoms with van der Waals surface area (Å²) in [7, 11) is 0. The van der Waals surface area contributed by atoms with Crippen molar-refractivity contribution in [2.24, 2.45) is 0 Å². The number of benzene rings is 2. The quantitative estimate of drug-likeness (QED) is 0.522. The molecule has 2 aromatic carbocycles. The predicted molar refractivity (Wildman–Crippen MR) is 120 cm³/mol. The molecule has 8 heteroatoms. The SMILES string of the molecule is Cl.Cl.O=C(N[C@H]1CCCNC1)c1ccccc1CSc1nc2ccccc2[nH]1. The summed E-state index contributed by atoms with van der Waals surface area (Å²) in [5.74, 6) is 0.714. The molecule has 0 radical (unpaired) electrons. The van der Waals surface area contributed by atoms with E-state index in [9.17, 15) is 4.79 Å². The standard InChI is InChI=1S/C20H22N4OS.2ClH/c25-19(22-15-7-5-11-21-12-15)16-8-2-1-6-14(16)13-26-20-23-17-9-3-4-10-18(17)24-20;;/h1-4,6,8-10,15,21H,5,7,11-13H2,(H,22,25)(H,23,24);2*1H/t15-;;/m0../s1. The summed E-state index contributed by atoms with van der Waals surface area (Å²) in [6.45, 7) is 1.89. The average Bonchev–Trinajstić information content (AvgIpc) is 3.10. The summed E-state index contributed by atoms with van der Waals surface area (Å²) >= 11 is 1.62. The summed E-state index contributed by atoms with van der Waals surface area (Å²) in [5, 5.41) is 7.37. The van der Waals surface area contributed by atoms with Crippen LogP contribution in [0.5, 0.6) is 0 Å². The zero-order chi connectivity index (χ0) is 17.8. The number of fused-ring (bicyclic) bond motifs is 1. The average molecular weight is 439 g/mol. The zero-order valence-electron chi connectivity index (χ0n) is 15.3. The minimum absolute atomic E-state index is 0. The second kappa shape index (κ2) is 10.7. The number of imidazole rings is 1. The maximum Gasteiger partial charge on any atom is 0.251 e. The number of amides is 1. The smallest absolute Gasteiger partial charge is 0.251 e. The molecule has 0 saturated carbocycles. The first-order valence-corrected chi connectivity index (χ1v) is 9.95. The Labute approximate surface area is 181 Å². The second-order valence-corrected chi connectivity index (χ2v) is 7.49. The van der Waals surface area contributed by atoms with Crippen molar-refractivity contribution < 1.29 is 4.79 Å². The van der Waals surface area contributed by atoms with Gasteiger partial charge in [-0.25, -0.2) is 4.98 Å². The molecule has 4 rings (SSSR count). The van der Waals surface area contributed by atoms with E-state index in [0.29, 0.717) is 5.75 Å². The highest BCUT2D eigenvalue weighted by atomic mass is 35.5. The number of hydrogen-bond donors (Lipinski definition) is 3. The number of carbonyl (C=O) groups is 1. The summed E-state index contributed by atoms with van der Waals surface area (Å²) in [5.41, 5.74) is 3.78. The first kappa shape index (κ1) is 22.6. The minimum atomic E-state index is 0. The first-order chi connectivity index (χ1) is 12.8. The van der Waals surface area contributed by atoms with Crippen LogP contribution in [0.3, 0.4) is 0 Å². The van der Waals surface area contributed by atoms with Crippen LogP contribution < -0.4 is 10.6 Å². The van der Waals surface area contributed by atoms with Gasteiger partial charge in [-0.15, -0.1) is 24.8 Å². The van der Waals surface area contributed by atoms with Crippen molar-refractivity contribution in [2.75, 3.05) is 13.1 Å². The maximum absolute atomic E-state index is 12.7. The van der Waals surface area contributed by atoms with Gasteiger partial charge in [0.2, 0.25) is 0 Å². The molecular formula is C20H24Cl2N4OS. The topological polar surface area (TPSA) is 69.8 Å². The van der Waals surface area contributed by atoms with E-state index in [-0.39, 0.29) is 36.8 Å². The van der Waals surface area contributed by atoms with Crippen LogP contribution in [-0.4, -0.2) is 35.0 Å². The lowest BCUT2D eigenvalue weighted by Crippen LogP contribution is -2.45. The van der Waals surface area contributed by atoms with Gasteiger partial charge in [0, 0.05) is 23.9 Å². The van der Waals surface area contributed by atoms with Crippen LogP contribution in [0.15, 0.2) is 53.7 Å². The van der Waals surface area contributed by atoms with E-state index < -0.39 is 0 Å². The number of para-hydroxylation sites is 2. The lowest BCUT2D eigenvalue weighted by atomic mass is 10.1. The number of rotatable bonds is 5. The van der Waals surface area contributed by atoms with Gasteiger partial charge in [0.1, 0.15) is 0 Å². The molecule has 1 aromatic heterocycles. The fourth-order valence-corrected chi connectivity index (χ4v) is 4.14. The van der Waals surface area contributed by atoms with Crippen LogP contribution in [0.2, 0.25) is 0 Å². The zero-order valence-corrected chi connectivity index (χ0v) is 17.8. The van der Waals surface area contributed by atoms with Gasteiger partial charge in [-0.05, 0) is 43.1 Å². The van der Waals surface area contributed by atoms with Gasteiger partial charge in [0.05, 0.1) is 11.0 Å². The second-order valence-electron chi connectivity index (χ2n) is 6.52. The molecule has 1 fully saturated rings. The van der Waals surface area contributed by atoms with Gasteiger partial charge in [-0.2, -0.15) is 0 Å². The molecule has 2 heterocycles. The molecule has 1 aliphatic heterocycles. The maximum atomic E-state index is 12.7. The van der Waals surface area contributed by atoms with Gasteiger partial charge in [-0.1, -0.05) is 42.1 Å². The number of hydrogen-bond acceptors (Lipinski definition) is 4. The minimum Gasteiger partial charge on any atom is -0.348 e. The van der Waals surface area contributed by atoms with Gasteiger partial charge in [0.25, 0.3) is 5.91 Å². The number of aromatic nitrogens is 2. The normalized spacial score (nSPS) is 16.1. The van der Waals surface area contributed by atoms with Gasteiger partial charge in [-0.3, -0.25) is 4.79 Å². The van der Waals surface area contributed by atoms with Crippen molar-refractivity contribution in [3.8, 4) is 0 Å². The van der Waals surface area contributed by atoms with Crippen molar-refractivity contribution in [2.45, 2.75) is 29.8 Å². The van der Waals surface area contributed by atoms with Gasteiger partial charge >= 0.3 is 0 Å². The fraction of sp³-hybridized carbons (Fsp3) is 0.300. The van der Waals surface area contributed by atoms with Crippen molar-refractivity contribution in [1.29, 1.82) is 0 Å². The Morgan fingerprint density at radius 2 is 1.93 bits per heavy atom. The van der Waals surface area contributed by atoms with E-state index in [1.807, 2.05) is 48.5 Å². The van der Waals surface area contributed by atoms with Crippen molar-refractivity contribution in [1.82, 2.24) is 20.6 Å². The van der Waals surface area contributed by atoms with E-state index in [1.165, 1.54) is 0 Å². The van der Waals surface area contributed by atoms with Crippen LogP contribution in [0.4, 0.5) is 0 Å². The Balaban J connectivity index is 0.00000140. The Hall–Kier alpha value is -1.73. The molecule has 0 bridgehead atoms. The van der Waals surface area contributed by atoms with Gasteiger partial charge in [0.15, 0.2) is 5.16 Å². The Morgan fingerprint density at radius 1 is 1.14 bits per heavy atom. The Morgan fingerprint density at radius 3 is 2.71 bits per heavy atom. The molecule has 1 saturated heterocycles. The molecule has 1 aliphatic rings. The number of H-pyrrole nitrogens is 1. The van der Waals surface area contributed by atoms with E-state index >= 15 is 0 Å². The highest BCUT2D eigenvalue weighted by Crippen LogP contribution is 2.24. The molecule has 1 amide bonds. The molecule has 3 N–H and O–H groups in total. The molecular weight excluding hydrogens is 415 g/mol. The van der Waals surface area contributed by atoms with E-state index in [1.54, 1.807) is 11.8 Å². The summed E-state index contributed by atoms with van der Waals surface area (Å²) in [6, 6.07) is 16.0. The monoisotopic (exact) mass is 438 g/mol. The van der Waals surface area contributed by atoms with E-state index in [2.05, 4.69) is 20.6 Å². The van der Waals surface area contributed by atoms with Crippen LogP contribution in [0.1, 0.15) is 28.8 Å². The highest BCUT2D eigenvalue weighted by molar-refractivity contribution is 7.98. The molecule has 0 aliphatic carbocycles. The van der Waals surface area contributed by atoms with Crippen molar-refractivity contribution in [3.05, 3.63) is 59.7 Å². The lowest BCUT2D eigenvalue weighted by Gasteiger charge is -2.24. The number of carbonyl (C=O) groups excluding carboxylic acids is 1. The van der Waals surface area contributed by atoms with Crippen LogP contribution in [0.25, 0.3) is 11.0 Å². The predicted octanol–water partition coefficient (Wildman–Crippen LogP) is 4.18. The third kappa shape index (κ3) is 5.41. The van der Waals surface area contributed by atoms with E-state index in [0.717, 1.165) is 53.2 Å². The third-order valence-electron chi connectivity index (χ3n) is 4.63. The first-order valence-electron chi connectivity index (χ1n) is 8.96. The molecule has 0 spiro atoms. The van der Waals surface area contributed by atoms with Crippen LogP contribution >= 0.6 is 36.6 Å². The number of nitrogens with zero attached hydrogens (tertiary/aromatic N) is 1. The third-order valence-corrected chi connectivity index (χ3v) is 5.55. The molecule has 3 aromatic rings. The Kier molecular flexibility index (Phi) is 8.63.